The average molecular weight is 483 g/mol. The minimum Gasteiger partial charge on any atom is -0.394 e. The second-order valence-electron chi connectivity index (χ2n) is 7.33. The van der Waals surface area contributed by atoms with Gasteiger partial charge in [0, 0.05) is 6.54 Å². The molecule has 3 rings (SSSR count). The molecule has 0 aliphatic carbocycles. The van der Waals surface area contributed by atoms with Gasteiger partial charge in [-0.2, -0.15) is 0 Å². The molecule has 11 heteroatoms. The number of hydrogen-bond donors (Lipinski definition) is 4. The lowest BCUT2D eigenvalue weighted by atomic mass is 10.0. The summed E-state index contributed by atoms with van der Waals surface area (Å²) in [4.78, 5) is 24.6. The van der Waals surface area contributed by atoms with E-state index in [9.17, 15) is 14.7 Å². The average Bonchev–Trinajstić information content (AvgIpc) is 3.07. The van der Waals surface area contributed by atoms with Crippen LogP contribution in [-0.2, 0) is 16.1 Å². The number of nitrogens with zero attached hydrogens (tertiary/aromatic N) is 1. The van der Waals surface area contributed by atoms with Gasteiger partial charge in [0.1, 0.15) is 17.5 Å². The van der Waals surface area contributed by atoms with Crippen LogP contribution >= 0.6 is 23.2 Å². The van der Waals surface area contributed by atoms with Crippen molar-refractivity contribution in [1.82, 2.24) is 15.8 Å². The number of carbonyl (C=O) groups is 2. The molecule has 0 saturated heterocycles. The van der Waals surface area contributed by atoms with Gasteiger partial charge < -0.3 is 30.3 Å². The predicted molar refractivity (Wildman–Crippen MR) is 120 cm³/mol. The smallest absolute Gasteiger partial charge is 0.319 e. The van der Waals surface area contributed by atoms with Gasteiger partial charge in [0.25, 0.3) is 0 Å². The Balaban J connectivity index is 1.51. The van der Waals surface area contributed by atoms with E-state index in [1.807, 2.05) is 0 Å². The number of anilines is 1. The van der Waals surface area contributed by atoms with Crippen molar-refractivity contribution in [2.45, 2.75) is 45.1 Å². The Morgan fingerprint density at radius 2 is 1.97 bits per heavy atom. The molecule has 1 aliphatic heterocycles. The summed E-state index contributed by atoms with van der Waals surface area (Å²) >= 11 is 11.9. The SMILES string of the molecule is Cc1noc(C)c1NC(=O)N[C@H]1C=C[C@H](CC(=O)NCc2ccc(Cl)c(Cl)c2)O[C@H]1CO. The highest BCUT2D eigenvalue weighted by atomic mass is 35.5. The summed E-state index contributed by atoms with van der Waals surface area (Å²) in [5.41, 5.74) is 1.86. The highest BCUT2D eigenvalue weighted by Crippen LogP contribution is 2.23. The van der Waals surface area contributed by atoms with Gasteiger partial charge in [0.05, 0.1) is 35.2 Å². The maximum absolute atomic E-state index is 12.3. The van der Waals surface area contributed by atoms with Crippen LogP contribution in [0.25, 0.3) is 0 Å². The fourth-order valence-corrected chi connectivity index (χ4v) is 3.52. The zero-order chi connectivity index (χ0) is 23.3. The second-order valence-corrected chi connectivity index (χ2v) is 8.15. The molecule has 2 aromatic rings. The van der Waals surface area contributed by atoms with Crippen LogP contribution in [0.1, 0.15) is 23.4 Å². The van der Waals surface area contributed by atoms with Gasteiger partial charge in [-0.25, -0.2) is 4.79 Å². The second kappa shape index (κ2) is 10.8. The van der Waals surface area contributed by atoms with Gasteiger partial charge in [-0.3, -0.25) is 4.79 Å². The maximum Gasteiger partial charge on any atom is 0.319 e. The lowest BCUT2D eigenvalue weighted by molar-refractivity contribution is -0.125. The van der Waals surface area contributed by atoms with Crippen molar-refractivity contribution in [2.75, 3.05) is 11.9 Å². The fraction of sp³-hybridized carbons (Fsp3) is 0.381. The van der Waals surface area contributed by atoms with Gasteiger partial charge in [-0.05, 0) is 31.5 Å². The van der Waals surface area contributed by atoms with E-state index in [2.05, 4.69) is 21.1 Å². The number of amides is 3. The van der Waals surface area contributed by atoms with Crippen LogP contribution in [0.15, 0.2) is 34.9 Å². The third-order valence-electron chi connectivity index (χ3n) is 4.89. The zero-order valence-corrected chi connectivity index (χ0v) is 19.0. The van der Waals surface area contributed by atoms with E-state index in [1.165, 1.54) is 0 Å². The number of carbonyl (C=O) groups excluding carboxylic acids is 2. The Labute approximate surface area is 195 Å². The van der Waals surface area contributed by atoms with Gasteiger partial charge in [-0.1, -0.05) is 46.6 Å². The van der Waals surface area contributed by atoms with E-state index < -0.39 is 24.3 Å². The first-order valence-corrected chi connectivity index (χ1v) is 10.7. The number of rotatable bonds is 7. The van der Waals surface area contributed by atoms with Gasteiger partial charge in [0.15, 0.2) is 5.76 Å². The molecule has 9 nitrogen and oxygen atoms in total. The minimum absolute atomic E-state index is 0.0618. The first-order chi connectivity index (χ1) is 15.3. The topological polar surface area (TPSA) is 126 Å². The van der Waals surface area contributed by atoms with E-state index in [0.717, 1.165) is 5.56 Å². The van der Waals surface area contributed by atoms with Crippen LogP contribution in [0.3, 0.4) is 0 Å². The van der Waals surface area contributed by atoms with Crippen LogP contribution in [-0.4, -0.2) is 47.1 Å². The van der Waals surface area contributed by atoms with Gasteiger partial charge in [0.2, 0.25) is 5.91 Å². The molecule has 3 atom stereocenters. The van der Waals surface area contributed by atoms with E-state index in [-0.39, 0.29) is 18.9 Å². The van der Waals surface area contributed by atoms with Crippen LogP contribution in [0.5, 0.6) is 0 Å². The van der Waals surface area contributed by atoms with Crippen LogP contribution in [0, 0.1) is 13.8 Å². The van der Waals surface area contributed by atoms with Crippen molar-refractivity contribution in [3.63, 3.8) is 0 Å². The highest BCUT2D eigenvalue weighted by molar-refractivity contribution is 6.42. The van der Waals surface area contributed by atoms with E-state index in [1.54, 1.807) is 44.2 Å². The van der Waals surface area contributed by atoms with E-state index in [4.69, 9.17) is 32.5 Å². The van der Waals surface area contributed by atoms with Crippen molar-refractivity contribution in [3.05, 3.63) is 57.4 Å². The van der Waals surface area contributed by atoms with Crippen molar-refractivity contribution >= 4 is 40.8 Å². The third kappa shape index (κ3) is 6.23. The number of nitrogens with one attached hydrogen (secondary N) is 3. The number of halogens is 2. The zero-order valence-electron chi connectivity index (χ0n) is 17.5. The third-order valence-corrected chi connectivity index (χ3v) is 5.63. The molecule has 3 amide bonds. The number of benzene rings is 1. The minimum atomic E-state index is -0.705. The molecular weight excluding hydrogens is 459 g/mol. The Morgan fingerprint density at radius 3 is 2.62 bits per heavy atom. The maximum atomic E-state index is 12.3. The molecule has 0 radical (unpaired) electrons. The van der Waals surface area contributed by atoms with Gasteiger partial charge >= 0.3 is 6.03 Å². The number of aryl methyl sites for hydroxylation is 2. The molecule has 0 fully saturated rings. The van der Waals surface area contributed by atoms with E-state index in [0.29, 0.717) is 33.7 Å². The van der Waals surface area contributed by atoms with Crippen LogP contribution in [0.4, 0.5) is 10.5 Å². The fourth-order valence-electron chi connectivity index (χ4n) is 3.20. The highest BCUT2D eigenvalue weighted by Gasteiger charge is 2.29. The van der Waals surface area contributed by atoms with Crippen molar-refractivity contribution in [1.29, 1.82) is 0 Å². The number of ether oxygens (including phenoxy) is 1. The predicted octanol–water partition coefficient (Wildman–Crippen LogP) is 3.11. The summed E-state index contributed by atoms with van der Waals surface area (Å²) in [6.45, 7) is 3.36. The molecule has 0 unspecified atom stereocenters. The lowest BCUT2D eigenvalue weighted by Crippen LogP contribution is -2.50. The first-order valence-electron chi connectivity index (χ1n) is 9.92. The standard InChI is InChI=1S/C21H24Cl2N4O5/c1-11-20(12(2)32-27-11)26-21(30)25-17-6-4-14(31-18(17)10-28)8-19(29)24-9-13-3-5-15(22)16(23)7-13/h3-7,14,17-18,28H,8-10H2,1-2H3,(H,24,29)(H2,25,26,30)/t14-,17+,18+/m1/s1. The largest absolute Gasteiger partial charge is 0.394 e. The van der Waals surface area contributed by atoms with Crippen molar-refractivity contribution in [2.24, 2.45) is 0 Å². The van der Waals surface area contributed by atoms with E-state index >= 15 is 0 Å². The molecule has 2 heterocycles. The lowest BCUT2D eigenvalue weighted by Gasteiger charge is -2.31. The molecular formula is C21H24Cl2N4O5. The Hall–Kier alpha value is -2.59. The van der Waals surface area contributed by atoms with Crippen LogP contribution < -0.4 is 16.0 Å². The molecule has 4 N–H and O–H groups in total. The first kappa shape index (κ1) is 24.1. The number of urea groups is 1. The molecule has 0 bridgehead atoms. The summed E-state index contributed by atoms with van der Waals surface area (Å²) in [7, 11) is 0. The Kier molecular flexibility index (Phi) is 8.14. The van der Waals surface area contributed by atoms with Crippen molar-refractivity contribution in [3.8, 4) is 0 Å². The van der Waals surface area contributed by atoms with Crippen molar-refractivity contribution < 1.29 is 24.0 Å². The summed E-state index contributed by atoms with van der Waals surface area (Å²) in [6.07, 6.45) is 2.21. The Morgan fingerprint density at radius 1 is 1.19 bits per heavy atom. The normalized spacial score (nSPS) is 20.1. The quantitative estimate of drug-likeness (QED) is 0.449. The van der Waals surface area contributed by atoms with Crippen LogP contribution in [0.2, 0.25) is 10.0 Å². The molecule has 1 aromatic heterocycles. The molecule has 0 saturated carbocycles. The van der Waals surface area contributed by atoms with Gasteiger partial charge in [-0.15, -0.1) is 0 Å². The summed E-state index contributed by atoms with van der Waals surface area (Å²) in [5, 5.41) is 22.5. The number of aromatic nitrogens is 1. The molecule has 32 heavy (non-hydrogen) atoms. The monoisotopic (exact) mass is 482 g/mol. The summed E-state index contributed by atoms with van der Waals surface area (Å²) in [6, 6.07) is 4.06. The number of aliphatic hydroxyl groups is 1. The summed E-state index contributed by atoms with van der Waals surface area (Å²) in [5.74, 6) is 0.253. The number of hydrogen-bond acceptors (Lipinski definition) is 6. The summed E-state index contributed by atoms with van der Waals surface area (Å²) < 4.78 is 10.8. The molecule has 1 aromatic carbocycles. The molecule has 1 aliphatic rings. The molecule has 172 valence electrons. The number of aliphatic hydroxyl groups excluding tert-OH is 1. The molecule has 0 spiro atoms. The Bertz CT molecular complexity index is 991.